The first-order valence-electron chi connectivity index (χ1n) is 24.4. The molecule has 0 aromatic rings. The maximum absolute atomic E-state index is 11.9. The Morgan fingerprint density at radius 1 is 0.230 bits per heavy atom. The van der Waals surface area contributed by atoms with E-state index in [1.807, 2.05) is 0 Å². The third kappa shape index (κ3) is 57.0. The first-order chi connectivity index (χ1) is 30.3. The van der Waals surface area contributed by atoms with E-state index in [0.717, 1.165) is 25.9 Å². The molecule has 0 bridgehead atoms. The molecule has 0 aromatic heterocycles. The van der Waals surface area contributed by atoms with E-state index < -0.39 is 0 Å². The van der Waals surface area contributed by atoms with Crippen LogP contribution in [0, 0.1) is 0 Å². The predicted molar refractivity (Wildman–Crippen MR) is 240 cm³/mol. The standard InChI is InChI=1S/C47H94O14/c1-3-5-7-9-10-11-12-13-14-15-16-17-19-21-47(48)61-46-45-60-44-43-59-42-41-58-40-39-57-38-37-56-36-35-55-34-33-54-32-31-53-30-29-52-28-27-51-26-25-50-24-23-49-22-20-18-8-6-4-2/h3-46H2,1-2H3. The van der Waals surface area contributed by atoms with E-state index in [-0.39, 0.29) is 12.6 Å². The molecule has 0 saturated carbocycles. The minimum absolute atomic E-state index is 0.132. The Balaban J connectivity index is 3.11. The molecule has 14 nitrogen and oxygen atoms in total. The van der Waals surface area contributed by atoms with E-state index in [1.54, 1.807) is 0 Å². The van der Waals surface area contributed by atoms with E-state index in [0.29, 0.717) is 158 Å². The van der Waals surface area contributed by atoms with Crippen molar-refractivity contribution < 1.29 is 66.4 Å². The quantitative estimate of drug-likeness (QED) is 0.0429. The third-order valence-electron chi connectivity index (χ3n) is 9.46. The van der Waals surface area contributed by atoms with Gasteiger partial charge in [0.15, 0.2) is 0 Å². The lowest BCUT2D eigenvalue weighted by molar-refractivity contribution is -0.145. The Hall–Kier alpha value is -1.01. The Morgan fingerprint density at radius 3 is 0.689 bits per heavy atom. The second-order valence-electron chi connectivity index (χ2n) is 15.0. The van der Waals surface area contributed by atoms with E-state index in [9.17, 15) is 4.79 Å². The molecule has 0 aliphatic rings. The Labute approximate surface area is 372 Å². The fourth-order valence-electron chi connectivity index (χ4n) is 5.90. The van der Waals surface area contributed by atoms with Gasteiger partial charge in [-0.2, -0.15) is 0 Å². The van der Waals surface area contributed by atoms with Crippen LogP contribution in [-0.2, 0) is 66.4 Å². The van der Waals surface area contributed by atoms with E-state index in [4.69, 9.17) is 61.6 Å². The first-order valence-corrected chi connectivity index (χ1v) is 24.4. The minimum Gasteiger partial charge on any atom is -0.463 e. The summed E-state index contributed by atoms with van der Waals surface area (Å²) in [6.45, 7) is 17.4. The summed E-state index contributed by atoms with van der Waals surface area (Å²) < 4.78 is 71.4. The predicted octanol–water partition coefficient (Wildman–Crippen LogP) is 8.18. The molecular weight excluding hydrogens is 789 g/mol. The van der Waals surface area contributed by atoms with Crippen LogP contribution in [-0.4, -0.2) is 171 Å². The van der Waals surface area contributed by atoms with Gasteiger partial charge in [-0.15, -0.1) is 0 Å². The van der Waals surface area contributed by atoms with Gasteiger partial charge < -0.3 is 61.6 Å². The zero-order chi connectivity index (χ0) is 43.9. The van der Waals surface area contributed by atoms with Gasteiger partial charge >= 0.3 is 5.97 Å². The van der Waals surface area contributed by atoms with Crippen LogP contribution in [0.5, 0.6) is 0 Å². The smallest absolute Gasteiger partial charge is 0.305 e. The van der Waals surface area contributed by atoms with Crippen molar-refractivity contribution in [1.82, 2.24) is 0 Å². The number of hydrogen-bond acceptors (Lipinski definition) is 14. The number of carbonyl (C=O) groups is 1. The Morgan fingerprint density at radius 2 is 0.426 bits per heavy atom. The second-order valence-corrected chi connectivity index (χ2v) is 15.0. The average molecular weight is 883 g/mol. The molecule has 0 unspecified atom stereocenters. The second kappa shape index (κ2) is 57.0. The van der Waals surface area contributed by atoms with E-state index >= 15 is 0 Å². The molecule has 0 aliphatic heterocycles. The molecular formula is C47H94O14. The highest BCUT2D eigenvalue weighted by Crippen LogP contribution is 2.13. The van der Waals surface area contributed by atoms with Crippen LogP contribution in [0.15, 0.2) is 0 Å². The van der Waals surface area contributed by atoms with E-state index in [2.05, 4.69) is 13.8 Å². The lowest BCUT2D eigenvalue weighted by Gasteiger charge is -2.09. The molecule has 61 heavy (non-hydrogen) atoms. The average Bonchev–Trinajstić information content (AvgIpc) is 3.27. The molecule has 14 heteroatoms. The number of esters is 1. The fraction of sp³-hybridized carbons (Fsp3) is 0.979. The van der Waals surface area contributed by atoms with Crippen molar-refractivity contribution in [2.24, 2.45) is 0 Å². The van der Waals surface area contributed by atoms with Crippen LogP contribution >= 0.6 is 0 Å². The zero-order valence-electron chi connectivity index (χ0n) is 39.3. The SMILES string of the molecule is CCCCCCCCCCCCCCCC(=O)OCCOCCOCCOCCOCCOCCOCCOCCOCCOCCOCCOCCOCCCCCCC. The largest absolute Gasteiger partial charge is 0.463 e. The summed E-state index contributed by atoms with van der Waals surface area (Å²) in [5, 5.41) is 0. The number of carbonyl (C=O) groups excluding carboxylic acids is 1. The number of unbranched alkanes of at least 4 members (excludes halogenated alkanes) is 16. The van der Waals surface area contributed by atoms with Gasteiger partial charge in [0.2, 0.25) is 0 Å². The van der Waals surface area contributed by atoms with Crippen LogP contribution in [0.2, 0.25) is 0 Å². The molecule has 0 heterocycles. The van der Waals surface area contributed by atoms with Gasteiger partial charge in [0.25, 0.3) is 0 Å². The molecule has 0 N–H and O–H groups in total. The maximum Gasteiger partial charge on any atom is 0.305 e. The molecule has 0 radical (unpaired) electrons. The van der Waals surface area contributed by atoms with Crippen molar-refractivity contribution in [3.05, 3.63) is 0 Å². The summed E-state index contributed by atoms with van der Waals surface area (Å²) in [6, 6.07) is 0. The van der Waals surface area contributed by atoms with Gasteiger partial charge in [0, 0.05) is 13.0 Å². The molecule has 0 aromatic carbocycles. The van der Waals surface area contributed by atoms with Gasteiger partial charge in [-0.05, 0) is 12.8 Å². The van der Waals surface area contributed by atoms with Crippen LogP contribution < -0.4 is 0 Å². The molecule has 0 saturated heterocycles. The molecule has 0 atom stereocenters. The first kappa shape index (κ1) is 60.0. The van der Waals surface area contributed by atoms with Crippen LogP contribution in [0.4, 0.5) is 0 Å². The van der Waals surface area contributed by atoms with Crippen LogP contribution in [0.3, 0.4) is 0 Å². The minimum atomic E-state index is -0.132. The van der Waals surface area contributed by atoms with Gasteiger partial charge in [0.05, 0.1) is 152 Å². The van der Waals surface area contributed by atoms with Crippen LogP contribution in [0.1, 0.15) is 136 Å². The summed E-state index contributed by atoms with van der Waals surface area (Å²) >= 11 is 0. The summed E-state index contributed by atoms with van der Waals surface area (Å²) in [5.41, 5.74) is 0. The van der Waals surface area contributed by atoms with Gasteiger partial charge in [-0.25, -0.2) is 0 Å². The molecule has 0 spiro atoms. The summed E-state index contributed by atoms with van der Waals surface area (Å²) in [6.07, 6.45) is 23.6. The molecule has 0 aliphatic carbocycles. The van der Waals surface area contributed by atoms with Crippen molar-refractivity contribution in [1.29, 1.82) is 0 Å². The Bertz CT molecular complexity index is 797. The summed E-state index contributed by atoms with van der Waals surface area (Å²) in [5.74, 6) is -0.132. The molecule has 366 valence electrons. The lowest BCUT2D eigenvalue weighted by Crippen LogP contribution is -2.15. The zero-order valence-corrected chi connectivity index (χ0v) is 39.3. The number of hydrogen-bond donors (Lipinski definition) is 0. The van der Waals surface area contributed by atoms with Crippen molar-refractivity contribution in [3.63, 3.8) is 0 Å². The molecule has 0 rings (SSSR count). The Kier molecular flexibility index (Phi) is 56.1. The van der Waals surface area contributed by atoms with Gasteiger partial charge in [-0.1, -0.05) is 117 Å². The molecule has 0 fully saturated rings. The van der Waals surface area contributed by atoms with E-state index in [1.165, 1.54) is 96.3 Å². The van der Waals surface area contributed by atoms with Gasteiger partial charge in [0.1, 0.15) is 6.61 Å². The highest BCUT2D eigenvalue weighted by molar-refractivity contribution is 5.69. The number of ether oxygens (including phenoxy) is 13. The maximum atomic E-state index is 11.9. The summed E-state index contributed by atoms with van der Waals surface area (Å²) in [7, 11) is 0. The normalized spacial score (nSPS) is 11.6. The topological polar surface area (TPSA) is 137 Å². The van der Waals surface area contributed by atoms with Crippen molar-refractivity contribution in [3.8, 4) is 0 Å². The summed E-state index contributed by atoms with van der Waals surface area (Å²) in [4.78, 5) is 11.9. The number of rotatable bonds is 56. The third-order valence-corrected chi connectivity index (χ3v) is 9.46. The van der Waals surface area contributed by atoms with Crippen molar-refractivity contribution >= 4 is 5.97 Å². The highest BCUT2D eigenvalue weighted by atomic mass is 16.6. The van der Waals surface area contributed by atoms with Crippen molar-refractivity contribution in [2.45, 2.75) is 136 Å². The highest BCUT2D eigenvalue weighted by Gasteiger charge is 2.03. The fourth-order valence-corrected chi connectivity index (χ4v) is 5.90. The van der Waals surface area contributed by atoms with Crippen LogP contribution in [0.25, 0.3) is 0 Å². The molecule has 0 amide bonds. The van der Waals surface area contributed by atoms with Crippen molar-refractivity contribution in [2.75, 3.05) is 165 Å². The monoisotopic (exact) mass is 883 g/mol. The lowest BCUT2D eigenvalue weighted by atomic mass is 10.0. The van der Waals surface area contributed by atoms with Gasteiger partial charge in [-0.3, -0.25) is 4.79 Å².